The number of hydrogen-bond donors (Lipinski definition) is 0. The summed E-state index contributed by atoms with van der Waals surface area (Å²) in [5, 5.41) is 8.02. The molecule has 0 spiro atoms. The summed E-state index contributed by atoms with van der Waals surface area (Å²) in [7, 11) is 1.81. The van der Waals surface area contributed by atoms with Gasteiger partial charge in [-0.1, -0.05) is 0 Å². The second-order valence-electron chi connectivity index (χ2n) is 3.11. The zero-order chi connectivity index (χ0) is 9.97. The first-order valence-corrected chi connectivity index (χ1v) is 5.24. The van der Waals surface area contributed by atoms with Gasteiger partial charge in [-0.15, -0.1) is 0 Å². The largest absolute Gasteiger partial charge is 0.292 e. The summed E-state index contributed by atoms with van der Waals surface area (Å²) in [6.45, 7) is 0. The van der Waals surface area contributed by atoms with Crippen molar-refractivity contribution in [1.29, 1.82) is 0 Å². The molecule has 0 N–H and O–H groups in total. The van der Waals surface area contributed by atoms with Gasteiger partial charge in [-0.2, -0.15) is 16.4 Å². The molecule has 0 aliphatic heterocycles. The van der Waals surface area contributed by atoms with Gasteiger partial charge in [-0.25, -0.2) is 0 Å². The molecule has 0 aliphatic carbocycles. The average molecular weight is 206 g/mol. The number of nitrogens with zero attached hydrogens (tertiary/aromatic N) is 2. The molecule has 0 aliphatic rings. The molecule has 4 heteroatoms. The summed E-state index contributed by atoms with van der Waals surface area (Å²) in [5.74, 6) is 0.0731. The van der Waals surface area contributed by atoms with E-state index in [1.807, 2.05) is 16.8 Å². The number of Topliss-reactive ketones (excluding diaryl/α,β-unsaturated/α-hetero) is 1. The van der Waals surface area contributed by atoms with Crippen LogP contribution in [-0.2, 0) is 13.5 Å². The lowest BCUT2D eigenvalue weighted by atomic mass is 10.1. The molecule has 3 nitrogen and oxygen atoms in total. The molecule has 0 unspecified atom stereocenters. The van der Waals surface area contributed by atoms with Crippen molar-refractivity contribution in [2.75, 3.05) is 0 Å². The molecule has 0 amide bonds. The van der Waals surface area contributed by atoms with Crippen molar-refractivity contribution in [3.8, 4) is 0 Å². The number of hydrogen-bond acceptors (Lipinski definition) is 3. The van der Waals surface area contributed by atoms with Crippen LogP contribution < -0.4 is 0 Å². The molecule has 72 valence electrons. The lowest BCUT2D eigenvalue weighted by Gasteiger charge is -1.93. The Morgan fingerprint density at radius 1 is 1.57 bits per heavy atom. The number of aryl methyl sites for hydroxylation is 1. The Labute approximate surface area is 86.0 Å². The second-order valence-corrected chi connectivity index (χ2v) is 3.89. The van der Waals surface area contributed by atoms with Crippen molar-refractivity contribution in [2.45, 2.75) is 6.42 Å². The Balaban J connectivity index is 2.10. The van der Waals surface area contributed by atoms with E-state index in [9.17, 15) is 4.79 Å². The Hall–Kier alpha value is -1.42. The molecular weight excluding hydrogens is 196 g/mol. The standard InChI is InChI=1S/C10H10N2OS/c1-12-4-2-9(11-12)10(13)6-8-3-5-14-7-8/h2-5,7H,6H2,1H3. The van der Waals surface area contributed by atoms with Gasteiger partial charge >= 0.3 is 0 Å². The van der Waals surface area contributed by atoms with Crippen molar-refractivity contribution in [2.24, 2.45) is 7.05 Å². The van der Waals surface area contributed by atoms with Gasteiger partial charge in [0.25, 0.3) is 0 Å². The van der Waals surface area contributed by atoms with E-state index in [0.29, 0.717) is 12.1 Å². The monoisotopic (exact) mass is 206 g/mol. The van der Waals surface area contributed by atoms with Crippen LogP contribution in [0.25, 0.3) is 0 Å². The molecule has 2 rings (SSSR count). The van der Waals surface area contributed by atoms with Crippen molar-refractivity contribution < 1.29 is 4.79 Å². The maximum absolute atomic E-state index is 11.7. The number of carbonyl (C=O) groups is 1. The zero-order valence-electron chi connectivity index (χ0n) is 7.80. The molecule has 2 aromatic rings. The molecule has 0 saturated heterocycles. The summed E-state index contributed by atoms with van der Waals surface area (Å²) in [4.78, 5) is 11.7. The Morgan fingerprint density at radius 2 is 2.43 bits per heavy atom. The maximum Gasteiger partial charge on any atom is 0.187 e. The van der Waals surface area contributed by atoms with Crippen LogP contribution in [0.4, 0.5) is 0 Å². The quantitative estimate of drug-likeness (QED) is 0.719. The van der Waals surface area contributed by atoms with Crippen molar-refractivity contribution in [3.05, 3.63) is 40.3 Å². The van der Waals surface area contributed by atoms with Crippen molar-refractivity contribution in [1.82, 2.24) is 9.78 Å². The fourth-order valence-electron chi connectivity index (χ4n) is 1.23. The van der Waals surface area contributed by atoms with Crippen LogP contribution in [0.3, 0.4) is 0 Å². The van der Waals surface area contributed by atoms with E-state index in [4.69, 9.17) is 0 Å². The fourth-order valence-corrected chi connectivity index (χ4v) is 1.90. The average Bonchev–Trinajstić information content (AvgIpc) is 2.75. The summed E-state index contributed by atoms with van der Waals surface area (Å²) in [6, 6.07) is 3.71. The number of carbonyl (C=O) groups excluding carboxylic acids is 1. The van der Waals surface area contributed by atoms with Gasteiger partial charge < -0.3 is 0 Å². The van der Waals surface area contributed by atoms with Crippen LogP contribution in [0.1, 0.15) is 16.1 Å². The normalized spacial score (nSPS) is 10.4. The van der Waals surface area contributed by atoms with Gasteiger partial charge in [-0.3, -0.25) is 9.48 Å². The fraction of sp³-hybridized carbons (Fsp3) is 0.200. The third kappa shape index (κ3) is 1.90. The van der Waals surface area contributed by atoms with Crippen LogP contribution in [0.15, 0.2) is 29.1 Å². The lowest BCUT2D eigenvalue weighted by Crippen LogP contribution is -2.04. The minimum absolute atomic E-state index is 0.0731. The molecule has 0 bridgehead atoms. The van der Waals surface area contributed by atoms with E-state index in [1.54, 1.807) is 35.3 Å². The van der Waals surface area contributed by atoms with Crippen LogP contribution in [0.5, 0.6) is 0 Å². The van der Waals surface area contributed by atoms with E-state index in [0.717, 1.165) is 5.56 Å². The van der Waals surface area contributed by atoms with Crippen LogP contribution in [0, 0.1) is 0 Å². The molecule has 14 heavy (non-hydrogen) atoms. The van der Waals surface area contributed by atoms with Gasteiger partial charge in [0.05, 0.1) is 0 Å². The highest BCUT2D eigenvalue weighted by atomic mass is 32.1. The number of ketones is 1. The molecule has 2 aromatic heterocycles. The minimum atomic E-state index is 0.0731. The number of rotatable bonds is 3. The topological polar surface area (TPSA) is 34.9 Å². The van der Waals surface area contributed by atoms with Crippen molar-refractivity contribution >= 4 is 17.1 Å². The van der Waals surface area contributed by atoms with Crippen LogP contribution in [0.2, 0.25) is 0 Å². The highest BCUT2D eigenvalue weighted by Gasteiger charge is 2.09. The summed E-state index contributed by atoms with van der Waals surface area (Å²) >= 11 is 1.60. The first kappa shape index (κ1) is 9.15. The van der Waals surface area contributed by atoms with E-state index in [2.05, 4.69) is 5.10 Å². The predicted molar refractivity (Wildman–Crippen MR) is 55.6 cm³/mol. The zero-order valence-corrected chi connectivity index (χ0v) is 8.62. The maximum atomic E-state index is 11.7. The first-order chi connectivity index (χ1) is 6.75. The van der Waals surface area contributed by atoms with Gasteiger partial charge in [0.15, 0.2) is 5.78 Å². The van der Waals surface area contributed by atoms with E-state index >= 15 is 0 Å². The smallest absolute Gasteiger partial charge is 0.187 e. The Morgan fingerprint density at radius 3 is 3.00 bits per heavy atom. The molecule has 0 atom stereocenters. The van der Waals surface area contributed by atoms with Crippen LogP contribution in [-0.4, -0.2) is 15.6 Å². The van der Waals surface area contributed by atoms with Gasteiger partial charge in [0.1, 0.15) is 5.69 Å². The minimum Gasteiger partial charge on any atom is -0.292 e. The summed E-state index contributed by atoms with van der Waals surface area (Å²) in [6.07, 6.45) is 2.22. The van der Waals surface area contributed by atoms with Gasteiger partial charge in [-0.05, 0) is 28.5 Å². The SMILES string of the molecule is Cn1ccc(C(=O)Cc2ccsc2)n1. The number of thiophene rings is 1. The van der Waals surface area contributed by atoms with Gasteiger partial charge in [0.2, 0.25) is 0 Å². The molecule has 2 heterocycles. The highest BCUT2D eigenvalue weighted by molar-refractivity contribution is 7.08. The van der Waals surface area contributed by atoms with Crippen LogP contribution >= 0.6 is 11.3 Å². The third-order valence-corrected chi connectivity index (χ3v) is 2.68. The lowest BCUT2D eigenvalue weighted by molar-refractivity contribution is 0.0987. The molecule has 0 saturated carbocycles. The van der Waals surface area contributed by atoms with E-state index in [-0.39, 0.29) is 5.78 Å². The molecule has 0 aromatic carbocycles. The van der Waals surface area contributed by atoms with Gasteiger partial charge in [0, 0.05) is 19.7 Å². The second kappa shape index (κ2) is 3.75. The molecule has 0 radical (unpaired) electrons. The van der Waals surface area contributed by atoms with Crippen molar-refractivity contribution in [3.63, 3.8) is 0 Å². The molecular formula is C10H10N2OS. The predicted octanol–water partition coefficient (Wildman–Crippen LogP) is 1.91. The Kier molecular flexibility index (Phi) is 2.45. The van der Waals surface area contributed by atoms with E-state index < -0.39 is 0 Å². The highest BCUT2D eigenvalue weighted by Crippen LogP contribution is 2.09. The third-order valence-electron chi connectivity index (χ3n) is 1.94. The molecule has 0 fully saturated rings. The first-order valence-electron chi connectivity index (χ1n) is 4.29. The van der Waals surface area contributed by atoms with E-state index in [1.165, 1.54) is 0 Å². The summed E-state index contributed by atoms with van der Waals surface area (Å²) < 4.78 is 1.64. The number of aromatic nitrogens is 2. The summed E-state index contributed by atoms with van der Waals surface area (Å²) in [5.41, 5.74) is 1.60. The Bertz CT molecular complexity index is 431.